The van der Waals surface area contributed by atoms with Crippen LogP contribution in [0.3, 0.4) is 0 Å². The molecule has 3 amide bonds. The number of hydrogen-bond donors (Lipinski definition) is 3. The first-order valence-corrected chi connectivity index (χ1v) is 16.3. The van der Waals surface area contributed by atoms with E-state index in [1.165, 1.54) is 0 Å². The molecule has 0 aliphatic heterocycles. The number of nitrogens with one attached hydrogen (secondary N) is 3. The number of rotatable bonds is 5. The van der Waals surface area contributed by atoms with Crippen molar-refractivity contribution in [2.45, 2.75) is 45.4 Å². The van der Waals surface area contributed by atoms with Gasteiger partial charge in [-0.1, -0.05) is 0 Å². The van der Waals surface area contributed by atoms with Gasteiger partial charge < -0.3 is 0 Å². The molecule has 5 nitrogen and oxygen atoms in total. The maximum atomic E-state index is 11.3. The fourth-order valence-electron chi connectivity index (χ4n) is 1.09. The number of carbonyl (C=O) groups is 2. The van der Waals surface area contributed by atoms with Crippen molar-refractivity contribution in [3.63, 3.8) is 0 Å². The topological polar surface area (TPSA) is 70.2 Å². The Hall–Kier alpha value is -0.461. The molecule has 100 valence electrons. The molecule has 3 N–H and O–H groups in total. The molecule has 0 aliphatic rings. The monoisotopic (exact) mass is 351 g/mol. The van der Waals surface area contributed by atoms with E-state index in [0.29, 0.717) is 13.0 Å². The Morgan fingerprint density at radius 2 is 1.76 bits per heavy atom. The molecule has 0 bridgehead atoms. The summed E-state index contributed by atoms with van der Waals surface area (Å²) in [6.45, 7) is 4.64. The summed E-state index contributed by atoms with van der Waals surface area (Å²) in [4.78, 5) is 29.3. The van der Waals surface area contributed by atoms with Crippen LogP contribution in [-0.2, 0) is 4.79 Å². The van der Waals surface area contributed by atoms with E-state index in [4.69, 9.17) is 0 Å². The second kappa shape index (κ2) is 7.79. The summed E-state index contributed by atoms with van der Waals surface area (Å²) in [5.41, 5.74) is 4.63. The molecular weight excluding hydrogens is 325 g/mol. The number of hydrazine groups is 1. The first-order valence-electron chi connectivity index (χ1n) is 6.10. The van der Waals surface area contributed by atoms with Gasteiger partial charge in [0.15, 0.2) is 0 Å². The van der Waals surface area contributed by atoms with Crippen molar-refractivity contribution in [2.24, 2.45) is 0 Å². The second-order valence-corrected chi connectivity index (χ2v) is 21.7. The van der Waals surface area contributed by atoms with Crippen LogP contribution in [-0.4, -0.2) is 36.9 Å². The van der Waals surface area contributed by atoms with Gasteiger partial charge >= 0.3 is 108 Å². The predicted molar refractivity (Wildman–Crippen MR) is 72.4 cm³/mol. The van der Waals surface area contributed by atoms with E-state index >= 15 is 0 Å². The van der Waals surface area contributed by atoms with Crippen LogP contribution < -0.4 is 16.2 Å². The third-order valence-corrected chi connectivity index (χ3v) is 12.2. The van der Waals surface area contributed by atoms with Crippen molar-refractivity contribution in [2.75, 3.05) is 6.54 Å². The Bertz CT molecular complexity index is 264. The fourth-order valence-corrected chi connectivity index (χ4v) is 3.98. The molecule has 1 unspecified atom stereocenters. The van der Waals surface area contributed by atoms with Gasteiger partial charge in [-0.05, 0) is 0 Å². The number of carbonyl (C=O) groups excluding carboxylic acids is 2. The Morgan fingerprint density at radius 3 is 2.24 bits per heavy atom. The SMILES string of the molecule is CCC(=O)NNC(=O)NCC[CH](C)[Sn]([CH3])([CH3])[CH3]. The minimum atomic E-state index is -1.81. The number of urea groups is 1. The van der Waals surface area contributed by atoms with Crippen molar-refractivity contribution in [1.29, 1.82) is 0 Å². The van der Waals surface area contributed by atoms with Gasteiger partial charge in [-0.15, -0.1) is 0 Å². The first kappa shape index (κ1) is 16.5. The van der Waals surface area contributed by atoms with E-state index in [9.17, 15) is 9.59 Å². The average molecular weight is 350 g/mol. The van der Waals surface area contributed by atoms with E-state index in [2.05, 4.69) is 37.9 Å². The summed E-state index contributed by atoms with van der Waals surface area (Å²) in [5.74, 6) is -0.195. The van der Waals surface area contributed by atoms with Gasteiger partial charge in [-0.25, -0.2) is 0 Å². The van der Waals surface area contributed by atoms with Gasteiger partial charge in [-0.3, -0.25) is 0 Å². The van der Waals surface area contributed by atoms with Crippen LogP contribution in [0.4, 0.5) is 4.79 Å². The van der Waals surface area contributed by atoms with E-state index in [1.54, 1.807) is 6.92 Å². The van der Waals surface area contributed by atoms with Crippen LogP contribution >= 0.6 is 0 Å². The quantitative estimate of drug-likeness (QED) is 0.523. The normalized spacial score (nSPS) is 12.8. The van der Waals surface area contributed by atoms with Crippen molar-refractivity contribution >= 4 is 30.3 Å². The molecule has 0 heterocycles. The zero-order valence-corrected chi connectivity index (χ0v) is 14.4. The zero-order chi connectivity index (χ0) is 13.5. The average Bonchev–Trinajstić information content (AvgIpc) is 2.24. The Morgan fingerprint density at radius 1 is 1.18 bits per heavy atom. The Labute approximate surface area is 108 Å². The summed E-state index contributed by atoms with van der Waals surface area (Å²) in [6.07, 6.45) is 1.37. The molecule has 0 aromatic rings. The van der Waals surface area contributed by atoms with Crippen molar-refractivity contribution in [3.8, 4) is 0 Å². The van der Waals surface area contributed by atoms with E-state index in [1.807, 2.05) is 0 Å². The van der Waals surface area contributed by atoms with Crippen LogP contribution in [0.1, 0.15) is 26.7 Å². The van der Waals surface area contributed by atoms with Crippen molar-refractivity contribution in [1.82, 2.24) is 16.2 Å². The third kappa shape index (κ3) is 8.29. The van der Waals surface area contributed by atoms with Crippen molar-refractivity contribution in [3.05, 3.63) is 0 Å². The van der Waals surface area contributed by atoms with Gasteiger partial charge in [0.05, 0.1) is 0 Å². The Kier molecular flexibility index (Phi) is 7.57. The van der Waals surface area contributed by atoms with Gasteiger partial charge in [0.2, 0.25) is 0 Å². The van der Waals surface area contributed by atoms with E-state index in [0.717, 1.165) is 10.4 Å². The molecule has 1 atom stereocenters. The van der Waals surface area contributed by atoms with Crippen LogP contribution in [0.2, 0.25) is 18.8 Å². The Balaban J connectivity index is 3.68. The third-order valence-electron chi connectivity index (χ3n) is 2.98. The van der Waals surface area contributed by atoms with Gasteiger partial charge in [-0.2, -0.15) is 0 Å². The molecule has 0 spiro atoms. The molecule has 0 rings (SSSR count). The van der Waals surface area contributed by atoms with Crippen molar-refractivity contribution < 1.29 is 9.59 Å². The van der Waals surface area contributed by atoms with E-state index in [-0.39, 0.29) is 11.9 Å². The maximum absolute atomic E-state index is 11.3. The summed E-state index contributed by atoms with van der Waals surface area (Å²) >= 11 is -1.81. The minimum absolute atomic E-state index is 0.195. The molecule has 0 aromatic heterocycles. The molecule has 0 saturated heterocycles. The van der Waals surface area contributed by atoms with Crippen LogP contribution in [0, 0.1) is 0 Å². The molecule has 0 aliphatic carbocycles. The summed E-state index contributed by atoms with van der Waals surface area (Å²) < 4.78 is 0.731. The van der Waals surface area contributed by atoms with Gasteiger partial charge in [0.25, 0.3) is 0 Å². The molecule has 0 saturated carbocycles. The van der Waals surface area contributed by atoms with Crippen LogP contribution in [0.5, 0.6) is 0 Å². The standard InChI is InChI=1S/C8H16N3O2.3CH3.Sn/c1-3-5-6-9-8(13)11-10-7(12)4-2;;;;/h3H,4-6H2,1-2H3,(H,10,12)(H2,9,11,13);3*1H3;. The van der Waals surface area contributed by atoms with E-state index < -0.39 is 18.4 Å². The van der Waals surface area contributed by atoms with Crippen LogP contribution in [0.25, 0.3) is 0 Å². The summed E-state index contributed by atoms with van der Waals surface area (Å²) in [5, 5.41) is 2.73. The van der Waals surface area contributed by atoms with Gasteiger partial charge in [0, 0.05) is 0 Å². The molecule has 0 fully saturated rings. The molecule has 0 aromatic carbocycles. The number of hydrogen-bond acceptors (Lipinski definition) is 2. The fraction of sp³-hybridized carbons (Fsp3) is 0.818. The first-order chi connectivity index (χ1) is 7.77. The summed E-state index contributed by atoms with van der Waals surface area (Å²) in [6, 6.07) is -0.344. The second-order valence-electron chi connectivity index (χ2n) is 5.34. The molecule has 6 heteroatoms. The molecule has 0 radical (unpaired) electrons. The van der Waals surface area contributed by atoms with Gasteiger partial charge in [0.1, 0.15) is 0 Å². The predicted octanol–water partition coefficient (Wildman–Crippen LogP) is 1.85. The number of amides is 3. The molecular formula is C11H25N3O2Sn. The summed E-state index contributed by atoms with van der Waals surface area (Å²) in [7, 11) is 0. The van der Waals surface area contributed by atoms with Crippen LogP contribution in [0.15, 0.2) is 0 Å². The zero-order valence-electron chi connectivity index (χ0n) is 11.5. The molecule has 17 heavy (non-hydrogen) atoms.